The number of thioether (sulfide) groups is 2. The number of allylic oxidation sites excluding steroid dienone is 1. The van der Waals surface area contributed by atoms with Gasteiger partial charge in [-0.2, -0.15) is 0 Å². The first kappa shape index (κ1) is 29.6. The molecule has 1 aromatic rings. The highest BCUT2D eigenvalue weighted by Gasteiger charge is 2.54. The van der Waals surface area contributed by atoms with Gasteiger partial charge in [-0.1, -0.05) is 27.7 Å². The molecule has 2 atom stereocenters. The Bertz CT molecular complexity index is 1430. The summed E-state index contributed by atoms with van der Waals surface area (Å²) < 4.78 is 0.646. The van der Waals surface area contributed by atoms with Crippen molar-refractivity contribution in [1.29, 1.82) is 0 Å². The number of alkyl halides is 1. The van der Waals surface area contributed by atoms with Gasteiger partial charge in [0.2, 0.25) is 0 Å². The zero-order chi connectivity index (χ0) is 29.3. The Morgan fingerprint density at radius 3 is 2.93 bits per heavy atom. The summed E-state index contributed by atoms with van der Waals surface area (Å²) in [6.07, 6.45) is 3.50. The topological polar surface area (TPSA) is 198 Å². The molecule has 5 rings (SSSR count). The molecule has 1 saturated heterocycles. The molecule has 19 heteroatoms. The number of aliphatic imine (C=N–C) groups is 1. The van der Waals surface area contributed by atoms with Crippen LogP contribution in [0.5, 0.6) is 0 Å². The zero-order valence-electron chi connectivity index (χ0n) is 21.3. The fraction of sp³-hybridized carbons (Fsp3) is 0.364. The number of anilines is 1. The number of thiazole rings is 1. The number of fused-ring (bicyclic) bond motifs is 2. The van der Waals surface area contributed by atoms with Crippen LogP contribution >= 0.6 is 57.5 Å². The smallest absolute Gasteiger partial charge is 0.352 e. The molecule has 5 heterocycles. The average Bonchev–Trinajstić information content (AvgIpc) is 3.57. The van der Waals surface area contributed by atoms with Crippen molar-refractivity contribution < 1.29 is 29.4 Å². The lowest BCUT2D eigenvalue weighted by molar-refractivity contribution is -0.150. The third-order valence-electron chi connectivity index (χ3n) is 5.96. The van der Waals surface area contributed by atoms with E-state index in [1.165, 1.54) is 33.4 Å². The predicted octanol–water partition coefficient (Wildman–Crippen LogP) is 0.455. The van der Waals surface area contributed by atoms with Crippen LogP contribution in [0.2, 0.25) is 0 Å². The zero-order valence-corrected chi connectivity index (χ0v) is 25.9. The Kier molecular flexibility index (Phi) is 9.09. The van der Waals surface area contributed by atoms with E-state index in [4.69, 9.17) is 10.6 Å². The van der Waals surface area contributed by atoms with E-state index in [-0.39, 0.29) is 35.6 Å². The third kappa shape index (κ3) is 6.04. The van der Waals surface area contributed by atoms with Gasteiger partial charge >= 0.3 is 5.97 Å². The van der Waals surface area contributed by atoms with Crippen LogP contribution in [0.3, 0.4) is 0 Å². The summed E-state index contributed by atoms with van der Waals surface area (Å²) >= 11 is 5.98. The Morgan fingerprint density at radius 2 is 2.24 bits per heavy atom. The van der Waals surface area contributed by atoms with Crippen LogP contribution in [-0.2, 0) is 19.2 Å². The molecular formula is C22H24IN9O6S3. The van der Waals surface area contributed by atoms with Gasteiger partial charge in [0.15, 0.2) is 16.7 Å². The van der Waals surface area contributed by atoms with E-state index in [1.807, 2.05) is 13.0 Å². The second-order valence-corrected chi connectivity index (χ2v) is 12.8. The average molecular weight is 734 g/mol. The van der Waals surface area contributed by atoms with Crippen molar-refractivity contribution in [3.8, 4) is 0 Å². The molecule has 0 aliphatic carbocycles. The number of halogens is 1. The number of nitrogens with zero attached hydrogens (tertiary/aromatic N) is 6. The van der Waals surface area contributed by atoms with Gasteiger partial charge in [-0.05, 0) is 18.6 Å². The molecule has 0 radical (unpaired) electrons. The van der Waals surface area contributed by atoms with Gasteiger partial charge in [-0.15, -0.1) is 40.4 Å². The monoisotopic (exact) mass is 733 g/mol. The van der Waals surface area contributed by atoms with E-state index in [0.29, 0.717) is 27.3 Å². The van der Waals surface area contributed by atoms with Crippen LogP contribution < -0.4 is 16.6 Å². The summed E-state index contributed by atoms with van der Waals surface area (Å²) in [5, 5.41) is 31.2. The summed E-state index contributed by atoms with van der Waals surface area (Å²) in [7, 11) is 0. The number of aliphatic hydroxyl groups excluding tert-OH is 1. The van der Waals surface area contributed by atoms with Gasteiger partial charge < -0.3 is 26.1 Å². The highest BCUT2D eigenvalue weighted by molar-refractivity contribution is 14.1. The summed E-state index contributed by atoms with van der Waals surface area (Å²) in [6, 6.07) is -0.951. The van der Waals surface area contributed by atoms with E-state index in [2.05, 4.69) is 48.6 Å². The van der Waals surface area contributed by atoms with Crippen molar-refractivity contribution in [3.05, 3.63) is 45.5 Å². The van der Waals surface area contributed by atoms with E-state index < -0.39 is 29.2 Å². The number of nitrogens with one attached hydrogen (secondary N) is 2. The molecule has 4 aliphatic rings. The highest BCUT2D eigenvalue weighted by atomic mass is 127. The van der Waals surface area contributed by atoms with Crippen LogP contribution in [0.4, 0.5) is 5.13 Å². The number of β-lactam (4-membered cyclic amide) rings is 1. The number of nitrogen functional groups attached to an aromatic ring is 1. The van der Waals surface area contributed by atoms with Crippen LogP contribution in [0.15, 0.2) is 49.9 Å². The number of nitrogens with two attached hydrogens (primary N) is 1. The van der Waals surface area contributed by atoms with Crippen molar-refractivity contribution in [3.63, 3.8) is 0 Å². The Labute approximate surface area is 259 Å². The summed E-state index contributed by atoms with van der Waals surface area (Å²) in [5.41, 5.74) is 10.0. The van der Waals surface area contributed by atoms with Crippen LogP contribution in [0.25, 0.3) is 0 Å². The maximum absolute atomic E-state index is 13.2. The summed E-state index contributed by atoms with van der Waals surface area (Å²) in [4.78, 5) is 53.6. The number of hydrogen-bond donors (Lipinski definition) is 5. The van der Waals surface area contributed by atoms with Gasteiger partial charge in [0.05, 0.1) is 11.2 Å². The normalized spacial score (nSPS) is 22.0. The molecule has 218 valence electrons. The molecule has 6 N–H and O–H groups in total. The molecule has 1 aromatic heterocycles. The number of hydrazine groups is 2. The highest BCUT2D eigenvalue weighted by Crippen LogP contribution is 2.42. The number of oxime groups is 1. The Hall–Kier alpha value is -2.85. The maximum Gasteiger partial charge on any atom is 0.352 e. The second kappa shape index (κ2) is 12.6. The molecule has 0 saturated carbocycles. The molecule has 0 aromatic carbocycles. The number of carboxylic acids is 1. The molecule has 2 amide bonds. The lowest BCUT2D eigenvalue weighted by atomic mass is 10.0. The van der Waals surface area contributed by atoms with Gasteiger partial charge in [-0.25, -0.2) is 19.8 Å². The minimum absolute atomic E-state index is 0.0905. The molecule has 0 unspecified atom stereocenters. The fourth-order valence-electron chi connectivity index (χ4n) is 4.19. The second-order valence-electron chi connectivity index (χ2n) is 8.71. The van der Waals surface area contributed by atoms with Crippen LogP contribution in [0, 0.1) is 0 Å². The first-order valence-electron chi connectivity index (χ1n) is 12.0. The number of carboxylic acid groups (broad SMARTS) is 1. The minimum atomic E-state index is -1.22. The number of aliphatic hydroxyl groups is 1. The third-order valence-corrected chi connectivity index (χ3v) is 9.50. The van der Waals surface area contributed by atoms with Gasteiger partial charge in [0.1, 0.15) is 36.1 Å². The van der Waals surface area contributed by atoms with E-state index in [9.17, 15) is 24.6 Å². The lowest BCUT2D eigenvalue weighted by Crippen LogP contribution is -2.71. The molecule has 0 spiro atoms. The first-order chi connectivity index (χ1) is 19.7. The lowest BCUT2D eigenvalue weighted by Gasteiger charge is -2.49. The van der Waals surface area contributed by atoms with E-state index >= 15 is 0 Å². The van der Waals surface area contributed by atoms with Crippen LogP contribution in [0.1, 0.15) is 12.6 Å². The van der Waals surface area contributed by atoms with Gasteiger partial charge in [-0.3, -0.25) is 19.5 Å². The largest absolute Gasteiger partial charge is 0.477 e. The van der Waals surface area contributed by atoms with Crippen molar-refractivity contribution in [2.45, 2.75) is 18.3 Å². The summed E-state index contributed by atoms with van der Waals surface area (Å²) in [5.74, 6) is -1.21. The Morgan fingerprint density at radius 1 is 1.44 bits per heavy atom. The number of aliphatic carboxylic acids is 1. The summed E-state index contributed by atoms with van der Waals surface area (Å²) in [6.45, 7) is 1.85. The molecule has 1 fully saturated rings. The van der Waals surface area contributed by atoms with Crippen molar-refractivity contribution in [2.75, 3.05) is 35.0 Å². The Balaban J connectivity index is 1.29. The number of aromatic nitrogens is 1. The van der Waals surface area contributed by atoms with Crippen molar-refractivity contribution >= 4 is 91.8 Å². The maximum atomic E-state index is 13.2. The molecule has 15 nitrogen and oxygen atoms in total. The SMILES string of the molecule is CC1=NC2=CN(CO)NN2C(SCC2=C(C(=O)O)N3C(=O)[C@@H](NC(=O)C(=NOCCI)c4csc(N)n4)[C@H]3SC2)=C1. The van der Waals surface area contributed by atoms with Gasteiger partial charge in [0, 0.05) is 27.0 Å². The molecule has 4 aliphatic heterocycles. The number of rotatable bonds is 11. The standard InChI is InChI=1S/C22H24IN9O6S3/c1-10-4-14(32-13(25-10)5-30(9-33)29-32)39-6-11-7-40-20-16(19(35)31(20)17(11)21(36)37)27-18(34)15(28-38-3-2-23)12-8-41-22(24)26-12/h4-5,8,16,20,29,33H,2-3,6-7,9H2,1H3,(H2,24,26)(H,27,34)(H,36,37)/t16-,20-/m1/s1. The number of carbonyl (C=O) groups excluding carboxylic acids is 2. The number of amides is 2. The quantitative estimate of drug-likeness (QED) is 0.0526. The van der Waals surface area contributed by atoms with Gasteiger partial charge in [0.25, 0.3) is 11.8 Å². The number of carbonyl (C=O) groups is 3. The van der Waals surface area contributed by atoms with Crippen LogP contribution in [-0.4, -0.2) is 100 Å². The molecule has 0 bridgehead atoms. The molecular weight excluding hydrogens is 709 g/mol. The first-order valence-corrected chi connectivity index (χ1v) is 16.4. The minimum Gasteiger partial charge on any atom is -0.477 e. The van der Waals surface area contributed by atoms with E-state index in [1.54, 1.807) is 16.6 Å². The van der Waals surface area contributed by atoms with Crippen molar-refractivity contribution in [1.82, 2.24) is 30.8 Å². The predicted molar refractivity (Wildman–Crippen MR) is 163 cm³/mol. The fourth-order valence-corrected chi connectivity index (χ4v) is 7.49. The molecule has 41 heavy (non-hydrogen) atoms. The van der Waals surface area contributed by atoms with Crippen molar-refractivity contribution in [2.24, 2.45) is 10.1 Å². The number of hydrogen-bond acceptors (Lipinski definition) is 15. The van der Waals surface area contributed by atoms with E-state index in [0.717, 1.165) is 22.1 Å².